The number of amides is 4. The Morgan fingerprint density at radius 3 is 1.73 bits per heavy atom. The van der Waals surface area contributed by atoms with Crippen molar-refractivity contribution < 1.29 is 19.2 Å². The van der Waals surface area contributed by atoms with Crippen LogP contribution in [0.15, 0.2) is 103 Å². The Balaban J connectivity index is 1.49. The van der Waals surface area contributed by atoms with E-state index in [2.05, 4.69) is 0 Å². The van der Waals surface area contributed by atoms with Crippen LogP contribution in [0.25, 0.3) is 0 Å². The fraction of sp³-hybridized carbons (Fsp3) is 0.152. The summed E-state index contributed by atoms with van der Waals surface area (Å²) in [6.45, 7) is 0. The molecule has 2 fully saturated rings. The zero-order chi connectivity index (χ0) is 28.5. The number of carbonyl (C=O) groups is 4. The summed E-state index contributed by atoms with van der Waals surface area (Å²) in [6, 6.07) is 29.5. The van der Waals surface area contributed by atoms with E-state index in [0.717, 1.165) is 10.5 Å². The number of nitrogens with zero attached hydrogens (tertiary/aromatic N) is 2. The van der Waals surface area contributed by atoms with Crippen LogP contribution in [0.4, 0.5) is 11.4 Å². The maximum absolute atomic E-state index is 14.8. The Kier molecular flexibility index (Phi) is 5.89. The maximum atomic E-state index is 14.8. The summed E-state index contributed by atoms with van der Waals surface area (Å²) in [7, 11) is 0. The highest BCUT2D eigenvalue weighted by Crippen LogP contribution is 2.63. The lowest BCUT2D eigenvalue weighted by atomic mass is 9.54. The maximum Gasteiger partial charge on any atom is 0.242 e. The molecule has 7 rings (SSSR count). The van der Waals surface area contributed by atoms with E-state index in [0.29, 0.717) is 32.5 Å². The third-order valence-electron chi connectivity index (χ3n) is 8.60. The summed E-state index contributed by atoms with van der Waals surface area (Å²) < 4.78 is 0. The molecule has 0 bridgehead atoms. The summed E-state index contributed by atoms with van der Waals surface area (Å²) in [5.74, 6) is -4.85. The second-order valence-electron chi connectivity index (χ2n) is 10.7. The smallest absolute Gasteiger partial charge is 0.242 e. The normalized spacial score (nSPS) is 24.9. The number of benzene rings is 4. The SMILES string of the molecule is O=C1C2c3ccccc3C3C(=O)N(c4ccc(Cl)cc4)C(=O)C3(Cc3ccccc3)C2C(=O)N1c1ccc(Cl)cc1. The van der Waals surface area contributed by atoms with Gasteiger partial charge in [0.15, 0.2) is 0 Å². The van der Waals surface area contributed by atoms with Crippen LogP contribution in [0.2, 0.25) is 10.0 Å². The molecule has 2 aliphatic heterocycles. The number of hydrogen-bond acceptors (Lipinski definition) is 4. The molecular weight excluding hydrogens is 559 g/mol. The molecule has 0 spiro atoms. The van der Waals surface area contributed by atoms with Crippen LogP contribution in [0.1, 0.15) is 28.5 Å². The topological polar surface area (TPSA) is 74.8 Å². The van der Waals surface area contributed by atoms with Crippen LogP contribution in [0.3, 0.4) is 0 Å². The molecular formula is C33H22Cl2N2O4. The van der Waals surface area contributed by atoms with Crippen LogP contribution in [0.5, 0.6) is 0 Å². The molecule has 4 aromatic rings. The van der Waals surface area contributed by atoms with E-state index in [1.165, 1.54) is 4.90 Å². The molecule has 41 heavy (non-hydrogen) atoms. The van der Waals surface area contributed by atoms with Crippen molar-refractivity contribution in [3.8, 4) is 0 Å². The van der Waals surface area contributed by atoms with Crippen molar-refractivity contribution in [1.82, 2.24) is 0 Å². The molecule has 1 aliphatic carbocycles. The van der Waals surface area contributed by atoms with E-state index in [-0.39, 0.29) is 6.42 Å². The third kappa shape index (κ3) is 3.64. The van der Waals surface area contributed by atoms with E-state index in [9.17, 15) is 19.2 Å². The quantitative estimate of drug-likeness (QED) is 0.271. The first-order valence-corrected chi connectivity index (χ1v) is 14.0. The van der Waals surface area contributed by atoms with Gasteiger partial charge in [0, 0.05) is 10.0 Å². The van der Waals surface area contributed by atoms with Crippen LogP contribution in [-0.2, 0) is 25.6 Å². The zero-order valence-corrected chi connectivity index (χ0v) is 23.0. The van der Waals surface area contributed by atoms with E-state index in [1.807, 2.05) is 30.3 Å². The van der Waals surface area contributed by atoms with E-state index in [4.69, 9.17) is 23.2 Å². The third-order valence-corrected chi connectivity index (χ3v) is 9.10. The molecule has 8 heteroatoms. The van der Waals surface area contributed by atoms with Crippen molar-refractivity contribution in [3.05, 3.63) is 130 Å². The van der Waals surface area contributed by atoms with Crippen molar-refractivity contribution in [3.63, 3.8) is 0 Å². The number of fused-ring (bicyclic) bond motifs is 6. The number of imide groups is 2. The standard InChI is InChI=1S/C33H22Cl2N2O4/c34-20-10-14-22(15-11-20)36-29(38)26-24-8-4-5-9-25(24)27-30(39)37(23-16-12-21(35)13-17-23)32(41)33(27,28(26)31(36)40)18-19-6-2-1-3-7-19/h1-17,26-28H,18H2. The average Bonchev–Trinajstić information content (AvgIpc) is 3.37. The Labute approximate surface area is 246 Å². The van der Waals surface area contributed by atoms with Gasteiger partial charge in [-0.25, -0.2) is 9.80 Å². The van der Waals surface area contributed by atoms with Gasteiger partial charge in [0.1, 0.15) is 0 Å². The Bertz CT molecular complexity index is 1740. The lowest BCUT2D eigenvalue weighted by molar-refractivity contribution is -0.138. The van der Waals surface area contributed by atoms with E-state index >= 15 is 0 Å². The molecule has 4 amide bonds. The van der Waals surface area contributed by atoms with Crippen molar-refractivity contribution in [2.24, 2.45) is 11.3 Å². The van der Waals surface area contributed by atoms with Crippen LogP contribution in [0, 0.1) is 11.3 Å². The van der Waals surface area contributed by atoms with Gasteiger partial charge in [-0.15, -0.1) is 0 Å². The van der Waals surface area contributed by atoms with E-state index < -0.39 is 46.8 Å². The van der Waals surface area contributed by atoms with Gasteiger partial charge in [-0.1, -0.05) is 77.8 Å². The predicted octanol–water partition coefficient (Wildman–Crippen LogP) is 6.17. The largest absolute Gasteiger partial charge is 0.274 e. The zero-order valence-electron chi connectivity index (χ0n) is 21.5. The molecule has 0 saturated carbocycles. The van der Waals surface area contributed by atoms with Gasteiger partial charge >= 0.3 is 0 Å². The van der Waals surface area contributed by atoms with Gasteiger partial charge in [0.05, 0.1) is 34.5 Å². The number of anilines is 2. The first kappa shape index (κ1) is 25.7. The molecule has 2 heterocycles. The molecule has 202 valence electrons. The Morgan fingerprint density at radius 2 is 1.12 bits per heavy atom. The van der Waals surface area contributed by atoms with Crippen LogP contribution >= 0.6 is 23.2 Å². The molecule has 3 aliphatic rings. The minimum atomic E-state index is -1.54. The highest BCUT2D eigenvalue weighted by molar-refractivity contribution is 6.33. The molecule has 0 radical (unpaired) electrons. The van der Waals surface area contributed by atoms with Crippen molar-refractivity contribution in [1.29, 1.82) is 0 Å². The van der Waals surface area contributed by atoms with Crippen LogP contribution in [-0.4, -0.2) is 23.6 Å². The number of halogens is 2. The molecule has 2 saturated heterocycles. The van der Waals surface area contributed by atoms with Crippen molar-refractivity contribution in [2.45, 2.75) is 18.3 Å². The summed E-state index contributed by atoms with van der Waals surface area (Å²) in [4.78, 5) is 60.3. The fourth-order valence-electron chi connectivity index (χ4n) is 6.96. The molecule has 6 nitrogen and oxygen atoms in total. The van der Waals surface area contributed by atoms with Crippen molar-refractivity contribution >= 4 is 58.2 Å². The van der Waals surface area contributed by atoms with Crippen LogP contribution < -0.4 is 9.80 Å². The molecule has 4 atom stereocenters. The second-order valence-corrected chi connectivity index (χ2v) is 11.5. The van der Waals surface area contributed by atoms with E-state index in [1.54, 1.807) is 72.8 Å². The summed E-state index contributed by atoms with van der Waals surface area (Å²) in [5.41, 5.74) is 1.18. The average molecular weight is 581 g/mol. The predicted molar refractivity (Wildman–Crippen MR) is 156 cm³/mol. The second kappa shape index (κ2) is 9.40. The van der Waals surface area contributed by atoms with Gasteiger partial charge in [-0.3, -0.25) is 19.2 Å². The van der Waals surface area contributed by atoms with Gasteiger partial charge in [-0.05, 0) is 71.6 Å². The lowest BCUT2D eigenvalue weighted by Gasteiger charge is -2.43. The summed E-state index contributed by atoms with van der Waals surface area (Å²) >= 11 is 12.2. The van der Waals surface area contributed by atoms with Gasteiger partial charge in [-0.2, -0.15) is 0 Å². The monoisotopic (exact) mass is 580 g/mol. The highest BCUT2D eigenvalue weighted by Gasteiger charge is 2.73. The number of hydrogen-bond donors (Lipinski definition) is 0. The highest BCUT2D eigenvalue weighted by atomic mass is 35.5. The molecule has 4 unspecified atom stereocenters. The van der Waals surface area contributed by atoms with Crippen molar-refractivity contribution in [2.75, 3.05) is 9.80 Å². The first-order valence-electron chi connectivity index (χ1n) is 13.2. The van der Waals surface area contributed by atoms with Gasteiger partial charge in [0.25, 0.3) is 0 Å². The molecule has 4 aromatic carbocycles. The summed E-state index contributed by atoms with van der Waals surface area (Å²) in [6.07, 6.45) is 0.107. The van der Waals surface area contributed by atoms with Gasteiger partial charge in [0.2, 0.25) is 23.6 Å². The minimum Gasteiger partial charge on any atom is -0.274 e. The Morgan fingerprint density at radius 1 is 0.585 bits per heavy atom. The summed E-state index contributed by atoms with van der Waals surface area (Å²) in [5, 5.41) is 0.927. The Hall–Kier alpha value is -4.26. The number of rotatable bonds is 4. The minimum absolute atomic E-state index is 0.107. The number of carbonyl (C=O) groups excluding carboxylic acids is 4. The molecule has 0 aromatic heterocycles. The fourth-order valence-corrected chi connectivity index (χ4v) is 7.22. The molecule has 0 N–H and O–H groups in total. The first-order chi connectivity index (χ1) is 19.8. The lowest BCUT2D eigenvalue weighted by Crippen LogP contribution is -2.51. The van der Waals surface area contributed by atoms with Gasteiger partial charge < -0.3 is 0 Å².